The van der Waals surface area contributed by atoms with E-state index >= 15 is 4.79 Å². The zero-order valence-corrected chi connectivity index (χ0v) is 29.6. The lowest BCUT2D eigenvalue weighted by Gasteiger charge is -2.50. The second-order valence-corrected chi connectivity index (χ2v) is 14.3. The fourth-order valence-electron chi connectivity index (χ4n) is 8.96. The average Bonchev–Trinajstić information content (AvgIpc) is 3.54. The number of methoxy groups -OCH3 is 2. The number of para-hydroxylation sites is 2. The van der Waals surface area contributed by atoms with E-state index in [4.69, 9.17) is 32.7 Å². The van der Waals surface area contributed by atoms with Crippen molar-refractivity contribution in [1.82, 2.24) is 5.01 Å². The van der Waals surface area contributed by atoms with Gasteiger partial charge in [0.2, 0.25) is 11.8 Å². The smallest absolute Gasteiger partial charge is 0.260 e. The van der Waals surface area contributed by atoms with Crippen LogP contribution in [-0.4, -0.2) is 48.0 Å². The van der Waals surface area contributed by atoms with Crippen molar-refractivity contribution in [2.75, 3.05) is 24.5 Å². The van der Waals surface area contributed by atoms with Gasteiger partial charge in [0.05, 0.1) is 53.8 Å². The van der Waals surface area contributed by atoms with E-state index < -0.39 is 46.8 Å². The summed E-state index contributed by atoms with van der Waals surface area (Å²) in [5.74, 6) is -5.35. The number of carbonyl (C=O) groups is 4. The number of nitrogens with one attached hydrogen (secondary N) is 1. The Labute approximate surface area is 309 Å². The molecule has 4 aromatic rings. The molecule has 1 saturated carbocycles. The number of phenolic OH excluding ortho intramolecular Hbond substituents is 1. The molecule has 264 valence electrons. The summed E-state index contributed by atoms with van der Waals surface area (Å²) in [7, 11) is 2.97. The van der Waals surface area contributed by atoms with Gasteiger partial charge in [-0.2, -0.15) is 5.01 Å². The van der Waals surface area contributed by atoms with Crippen LogP contribution in [0.5, 0.6) is 17.2 Å². The first-order valence-electron chi connectivity index (χ1n) is 16.8. The third kappa shape index (κ3) is 4.84. The molecule has 10 nitrogen and oxygen atoms in total. The molecule has 4 amide bonds. The molecule has 52 heavy (non-hydrogen) atoms. The van der Waals surface area contributed by atoms with E-state index in [9.17, 15) is 19.5 Å². The number of amides is 4. The van der Waals surface area contributed by atoms with Crippen LogP contribution in [0.15, 0.2) is 103 Å². The number of nitrogens with zero attached hydrogens (tertiary/aromatic N) is 2. The number of aromatic hydroxyl groups is 1. The van der Waals surface area contributed by atoms with Crippen molar-refractivity contribution in [2.45, 2.75) is 24.2 Å². The maximum Gasteiger partial charge on any atom is 0.260 e. The van der Waals surface area contributed by atoms with Crippen molar-refractivity contribution in [3.63, 3.8) is 0 Å². The summed E-state index contributed by atoms with van der Waals surface area (Å²) in [5.41, 5.74) is 3.65. The van der Waals surface area contributed by atoms with Crippen LogP contribution in [0.2, 0.25) is 10.0 Å². The van der Waals surface area contributed by atoms with Gasteiger partial charge >= 0.3 is 0 Å². The quantitative estimate of drug-likeness (QED) is 0.155. The number of phenols is 1. The first-order valence-corrected chi connectivity index (χ1v) is 17.6. The van der Waals surface area contributed by atoms with Crippen molar-refractivity contribution >= 4 is 58.2 Å². The summed E-state index contributed by atoms with van der Waals surface area (Å²) < 4.78 is 11.0. The third-order valence-corrected chi connectivity index (χ3v) is 11.7. The fourth-order valence-corrected chi connectivity index (χ4v) is 9.41. The van der Waals surface area contributed by atoms with Crippen LogP contribution >= 0.6 is 23.2 Å². The van der Waals surface area contributed by atoms with Gasteiger partial charge in [0.25, 0.3) is 11.8 Å². The van der Waals surface area contributed by atoms with E-state index in [0.29, 0.717) is 33.2 Å². The minimum atomic E-state index is -1.63. The molecule has 12 heteroatoms. The number of halogens is 2. The molecule has 0 aromatic heterocycles. The molecule has 2 saturated heterocycles. The molecule has 0 radical (unpaired) electrons. The van der Waals surface area contributed by atoms with Gasteiger partial charge in [-0.3, -0.25) is 29.5 Å². The monoisotopic (exact) mass is 737 g/mol. The van der Waals surface area contributed by atoms with Gasteiger partial charge in [-0.15, -0.1) is 0 Å². The molecule has 6 unspecified atom stereocenters. The molecule has 3 fully saturated rings. The van der Waals surface area contributed by atoms with Crippen molar-refractivity contribution < 1.29 is 33.8 Å². The molecule has 6 atom stereocenters. The van der Waals surface area contributed by atoms with Crippen LogP contribution in [0, 0.1) is 23.7 Å². The number of hydrogen-bond donors (Lipinski definition) is 2. The Morgan fingerprint density at radius 3 is 2.27 bits per heavy atom. The topological polar surface area (TPSA) is 125 Å². The lowest BCUT2D eigenvalue weighted by atomic mass is 9.49. The van der Waals surface area contributed by atoms with Gasteiger partial charge in [-0.1, -0.05) is 77.3 Å². The number of ether oxygens (including phenoxy) is 2. The Morgan fingerprint density at radius 1 is 0.827 bits per heavy atom. The number of hydrazine groups is 1. The highest BCUT2D eigenvalue weighted by atomic mass is 35.5. The standard InChI is InChI=1S/C40H33Cl2N3O7/c1-51-24-14-11-21(12-15-24)40-29(37(48)45(39(40)50)43-31-18-13-22(41)19-30(31)42)20-28-25(34(40)27-9-6-10-32(52-2)35(27)46)16-17-26-33(28)38(49)44(36(26)47)23-7-4-3-5-8-23/h3-16,18-19,26,28-29,33-34,43,46H,17,20H2,1-2H3. The van der Waals surface area contributed by atoms with Crippen LogP contribution in [0.3, 0.4) is 0 Å². The summed E-state index contributed by atoms with van der Waals surface area (Å²) in [6.45, 7) is 0. The molecule has 8 rings (SSSR count). The molecular weight excluding hydrogens is 705 g/mol. The normalized spacial score (nSPS) is 26.5. The van der Waals surface area contributed by atoms with Crippen molar-refractivity contribution in [3.05, 3.63) is 124 Å². The maximum atomic E-state index is 15.4. The lowest BCUT2D eigenvalue weighted by molar-refractivity contribution is -0.138. The second-order valence-electron chi connectivity index (χ2n) is 13.5. The summed E-state index contributed by atoms with van der Waals surface area (Å²) in [6.07, 6.45) is 2.25. The molecule has 0 bridgehead atoms. The van der Waals surface area contributed by atoms with Crippen molar-refractivity contribution in [3.8, 4) is 17.2 Å². The minimum Gasteiger partial charge on any atom is -0.504 e. The van der Waals surface area contributed by atoms with Crippen LogP contribution in [0.4, 0.5) is 11.4 Å². The number of benzene rings is 4. The molecule has 2 heterocycles. The number of anilines is 2. The molecule has 4 aliphatic rings. The minimum absolute atomic E-state index is 0.0824. The lowest BCUT2D eigenvalue weighted by Crippen LogP contribution is -2.53. The van der Waals surface area contributed by atoms with E-state index in [1.54, 1.807) is 78.9 Å². The Balaban J connectivity index is 1.35. The molecular formula is C40H33Cl2N3O7. The number of imide groups is 2. The van der Waals surface area contributed by atoms with Crippen molar-refractivity contribution in [1.29, 1.82) is 0 Å². The van der Waals surface area contributed by atoms with Gasteiger partial charge in [0.15, 0.2) is 11.5 Å². The van der Waals surface area contributed by atoms with Gasteiger partial charge in [-0.25, -0.2) is 0 Å². The maximum absolute atomic E-state index is 15.4. The Hall–Kier alpha value is -5.32. The molecule has 0 spiro atoms. The van der Waals surface area contributed by atoms with Crippen molar-refractivity contribution in [2.24, 2.45) is 23.7 Å². The van der Waals surface area contributed by atoms with Gasteiger partial charge < -0.3 is 14.6 Å². The number of allylic oxidation sites excluding steroid dienone is 2. The predicted octanol–water partition coefficient (Wildman–Crippen LogP) is 6.91. The Bertz CT molecular complexity index is 2180. The molecule has 2 N–H and O–H groups in total. The Morgan fingerprint density at radius 2 is 1.58 bits per heavy atom. The average molecular weight is 739 g/mol. The van der Waals surface area contributed by atoms with Crippen LogP contribution in [0.25, 0.3) is 0 Å². The first kappa shape index (κ1) is 33.8. The highest BCUT2D eigenvalue weighted by molar-refractivity contribution is 6.36. The number of fused-ring (bicyclic) bond motifs is 4. The van der Waals surface area contributed by atoms with E-state index in [1.807, 2.05) is 12.1 Å². The molecule has 4 aromatic carbocycles. The fraction of sp³-hybridized carbons (Fsp3) is 0.250. The summed E-state index contributed by atoms with van der Waals surface area (Å²) in [4.78, 5) is 59.9. The SMILES string of the molecule is COc1ccc(C23C(=O)N(Nc4ccc(Cl)cc4Cl)C(=O)C2CC2C(=CCC4C(=O)N(c5ccccc5)C(=O)C42)C3c2cccc(OC)c2O)cc1. The van der Waals surface area contributed by atoms with E-state index in [1.165, 1.54) is 25.2 Å². The Kier molecular flexibility index (Phi) is 8.27. The highest BCUT2D eigenvalue weighted by Crippen LogP contribution is 2.65. The van der Waals surface area contributed by atoms with Crippen LogP contribution in [-0.2, 0) is 24.6 Å². The summed E-state index contributed by atoms with van der Waals surface area (Å²) >= 11 is 12.7. The second kappa shape index (κ2) is 12.7. The van der Waals surface area contributed by atoms with Gasteiger partial charge in [0.1, 0.15) is 5.75 Å². The number of rotatable bonds is 7. The third-order valence-electron chi connectivity index (χ3n) is 11.2. The van der Waals surface area contributed by atoms with Crippen LogP contribution in [0.1, 0.15) is 29.9 Å². The predicted molar refractivity (Wildman–Crippen MR) is 194 cm³/mol. The highest BCUT2D eigenvalue weighted by Gasteiger charge is 2.70. The molecule has 2 aliphatic carbocycles. The summed E-state index contributed by atoms with van der Waals surface area (Å²) in [5, 5.41) is 13.4. The van der Waals surface area contributed by atoms with E-state index in [2.05, 4.69) is 5.43 Å². The van der Waals surface area contributed by atoms with E-state index in [0.717, 1.165) is 5.01 Å². The zero-order chi connectivity index (χ0) is 36.5. The van der Waals surface area contributed by atoms with Crippen LogP contribution < -0.4 is 19.8 Å². The number of hydrogen-bond acceptors (Lipinski definition) is 8. The van der Waals surface area contributed by atoms with Gasteiger partial charge in [-0.05, 0) is 72.9 Å². The zero-order valence-electron chi connectivity index (χ0n) is 28.1. The summed E-state index contributed by atoms with van der Waals surface area (Å²) in [6, 6.07) is 25.5. The molecule has 2 aliphatic heterocycles. The first-order chi connectivity index (χ1) is 25.1. The largest absolute Gasteiger partial charge is 0.504 e. The van der Waals surface area contributed by atoms with Gasteiger partial charge in [0, 0.05) is 16.5 Å². The number of carbonyl (C=O) groups excluding carboxylic acids is 4. The van der Waals surface area contributed by atoms with E-state index in [-0.39, 0.29) is 46.9 Å².